The van der Waals surface area contributed by atoms with Crippen LogP contribution in [0.4, 0.5) is 11.4 Å². The number of amides is 1. The molecule has 3 N–H and O–H groups in total. The average Bonchev–Trinajstić information content (AvgIpc) is 2.31. The summed E-state index contributed by atoms with van der Waals surface area (Å²) in [6, 6.07) is 5.49. The lowest BCUT2D eigenvalue weighted by atomic mass is 10.1. The molecular weight excluding hydrogens is 254 g/mol. The first-order valence-electron chi connectivity index (χ1n) is 6.88. The zero-order valence-corrected chi connectivity index (χ0v) is 12.4. The molecule has 0 spiro atoms. The highest BCUT2D eigenvalue weighted by Gasteiger charge is 2.28. The Morgan fingerprint density at radius 2 is 2.25 bits per heavy atom. The standard InChI is InChI=1S/C15H23N3O2/c1-11-8-12(16)4-5-13(11)17-14(19)9-18-6-7-20-15(2,3)10-18/h4-5,8H,6-7,9-10,16H2,1-3H3,(H,17,19). The van der Waals surface area contributed by atoms with Gasteiger partial charge in [0.15, 0.2) is 0 Å². The predicted octanol–water partition coefficient (Wildman–Crippen LogP) is 1.63. The summed E-state index contributed by atoms with van der Waals surface area (Å²) in [4.78, 5) is 14.2. The molecule has 1 aliphatic heterocycles. The summed E-state index contributed by atoms with van der Waals surface area (Å²) in [6.07, 6.45) is 0. The molecule has 1 aromatic rings. The molecule has 0 bridgehead atoms. The second kappa shape index (κ2) is 5.81. The van der Waals surface area contributed by atoms with E-state index in [-0.39, 0.29) is 11.5 Å². The van der Waals surface area contributed by atoms with Gasteiger partial charge < -0.3 is 15.8 Å². The predicted molar refractivity (Wildman–Crippen MR) is 80.7 cm³/mol. The van der Waals surface area contributed by atoms with Crippen LogP contribution in [0.25, 0.3) is 0 Å². The Balaban J connectivity index is 1.92. The van der Waals surface area contributed by atoms with Gasteiger partial charge in [0.2, 0.25) is 5.91 Å². The number of morpholine rings is 1. The topological polar surface area (TPSA) is 67.6 Å². The van der Waals surface area contributed by atoms with E-state index in [2.05, 4.69) is 10.2 Å². The number of rotatable bonds is 3. The minimum atomic E-state index is -0.185. The minimum absolute atomic E-state index is 0.00410. The third-order valence-electron chi connectivity index (χ3n) is 3.40. The maximum atomic E-state index is 12.1. The van der Waals surface area contributed by atoms with Crippen molar-refractivity contribution in [2.45, 2.75) is 26.4 Å². The van der Waals surface area contributed by atoms with Crippen molar-refractivity contribution in [2.75, 3.05) is 37.3 Å². The Bertz CT molecular complexity index is 500. The van der Waals surface area contributed by atoms with Crippen LogP contribution in [-0.4, -0.2) is 42.6 Å². The third-order valence-corrected chi connectivity index (χ3v) is 3.40. The Morgan fingerprint density at radius 3 is 2.90 bits per heavy atom. The Labute approximate surface area is 120 Å². The van der Waals surface area contributed by atoms with Crippen molar-refractivity contribution >= 4 is 17.3 Å². The van der Waals surface area contributed by atoms with Crippen molar-refractivity contribution in [3.05, 3.63) is 23.8 Å². The molecule has 2 rings (SSSR count). The lowest BCUT2D eigenvalue weighted by Gasteiger charge is -2.37. The van der Waals surface area contributed by atoms with Gasteiger partial charge in [-0.25, -0.2) is 0 Å². The summed E-state index contributed by atoms with van der Waals surface area (Å²) in [5.41, 5.74) is 8.01. The first-order valence-corrected chi connectivity index (χ1v) is 6.88. The van der Waals surface area contributed by atoms with Gasteiger partial charge in [-0.15, -0.1) is 0 Å². The highest BCUT2D eigenvalue weighted by Crippen LogP contribution is 2.19. The summed E-state index contributed by atoms with van der Waals surface area (Å²) in [5, 5.41) is 2.94. The monoisotopic (exact) mass is 277 g/mol. The molecule has 0 atom stereocenters. The second-order valence-electron chi connectivity index (χ2n) is 5.94. The van der Waals surface area contributed by atoms with Crippen molar-refractivity contribution in [3.63, 3.8) is 0 Å². The molecule has 110 valence electrons. The quantitative estimate of drug-likeness (QED) is 0.824. The molecule has 5 heteroatoms. The van der Waals surface area contributed by atoms with Crippen LogP contribution in [0, 0.1) is 6.92 Å². The Morgan fingerprint density at radius 1 is 1.50 bits per heavy atom. The number of nitrogens with two attached hydrogens (primary N) is 1. The van der Waals surface area contributed by atoms with Gasteiger partial charge in [0.1, 0.15) is 0 Å². The molecule has 5 nitrogen and oxygen atoms in total. The van der Waals surface area contributed by atoms with Gasteiger partial charge in [-0.1, -0.05) is 0 Å². The lowest BCUT2D eigenvalue weighted by Crippen LogP contribution is -2.50. The number of benzene rings is 1. The SMILES string of the molecule is Cc1cc(N)ccc1NC(=O)CN1CCOC(C)(C)C1. The van der Waals surface area contributed by atoms with Crippen molar-refractivity contribution in [1.29, 1.82) is 0 Å². The van der Waals surface area contributed by atoms with Crippen LogP contribution in [0.3, 0.4) is 0 Å². The van der Waals surface area contributed by atoms with Gasteiger partial charge in [-0.2, -0.15) is 0 Å². The number of aryl methyl sites for hydroxylation is 1. The number of hydrogen-bond donors (Lipinski definition) is 2. The third kappa shape index (κ3) is 3.95. The summed E-state index contributed by atoms with van der Waals surface area (Å²) in [7, 11) is 0. The van der Waals surface area contributed by atoms with Crippen LogP contribution in [0.1, 0.15) is 19.4 Å². The Kier molecular flexibility index (Phi) is 4.30. The zero-order chi connectivity index (χ0) is 14.8. The largest absolute Gasteiger partial charge is 0.399 e. The van der Waals surface area contributed by atoms with Crippen molar-refractivity contribution in [1.82, 2.24) is 4.90 Å². The van der Waals surface area contributed by atoms with E-state index >= 15 is 0 Å². The first-order chi connectivity index (χ1) is 9.35. The van der Waals surface area contributed by atoms with E-state index in [4.69, 9.17) is 10.5 Å². The van der Waals surface area contributed by atoms with Gasteiger partial charge in [-0.3, -0.25) is 9.69 Å². The van der Waals surface area contributed by atoms with E-state index < -0.39 is 0 Å². The fourth-order valence-electron chi connectivity index (χ4n) is 2.47. The molecular formula is C15H23N3O2. The molecule has 1 heterocycles. The number of carbonyl (C=O) groups is 1. The average molecular weight is 277 g/mol. The molecule has 1 fully saturated rings. The molecule has 20 heavy (non-hydrogen) atoms. The fourth-order valence-corrected chi connectivity index (χ4v) is 2.47. The normalized spacial score (nSPS) is 18.8. The highest BCUT2D eigenvalue weighted by atomic mass is 16.5. The Hall–Kier alpha value is -1.59. The number of nitrogens with one attached hydrogen (secondary N) is 1. The van der Waals surface area contributed by atoms with Crippen molar-refractivity contribution in [2.24, 2.45) is 0 Å². The van der Waals surface area contributed by atoms with Crippen molar-refractivity contribution < 1.29 is 9.53 Å². The van der Waals surface area contributed by atoms with Crippen LogP contribution in [0.5, 0.6) is 0 Å². The van der Waals surface area contributed by atoms with Crippen LogP contribution < -0.4 is 11.1 Å². The van der Waals surface area contributed by atoms with Gasteiger partial charge in [0, 0.05) is 24.5 Å². The van der Waals surface area contributed by atoms with E-state index in [0.29, 0.717) is 18.8 Å². The number of nitrogens with zero attached hydrogens (tertiary/aromatic N) is 1. The number of anilines is 2. The molecule has 1 aromatic carbocycles. The number of carbonyl (C=O) groups excluding carboxylic acids is 1. The molecule has 0 aromatic heterocycles. The number of hydrogen-bond acceptors (Lipinski definition) is 4. The highest BCUT2D eigenvalue weighted by molar-refractivity contribution is 5.93. The van der Waals surface area contributed by atoms with Crippen LogP contribution in [-0.2, 0) is 9.53 Å². The van der Waals surface area contributed by atoms with Crippen molar-refractivity contribution in [3.8, 4) is 0 Å². The van der Waals surface area contributed by atoms with E-state index in [1.54, 1.807) is 6.07 Å². The zero-order valence-electron chi connectivity index (χ0n) is 12.4. The second-order valence-corrected chi connectivity index (χ2v) is 5.94. The van der Waals surface area contributed by atoms with Crippen LogP contribution >= 0.6 is 0 Å². The summed E-state index contributed by atoms with van der Waals surface area (Å²) in [5.74, 6) is -0.00410. The number of ether oxygens (including phenoxy) is 1. The maximum absolute atomic E-state index is 12.1. The molecule has 0 saturated carbocycles. The van der Waals surface area contributed by atoms with E-state index in [9.17, 15) is 4.79 Å². The molecule has 1 saturated heterocycles. The van der Waals surface area contributed by atoms with E-state index in [1.165, 1.54) is 0 Å². The lowest BCUT2D eigenvalue weighted by molar-refractivity contribution is -0.122. The summed E-state index contributed by atoms with van der Waals surface area (Å²) >= 11 is 0. The van der Waals surface area contributed by atoms with E-state index in [1.807, 2.05) is 32.9 Å². The maximum Gasteiger partial charge on any atom is 0.238 e. The van der Waals surface area contributed by atoms with E-state index in [0.717, 1.165) is 24.3 Å². The first kappa shape index (κ1) is 14.8. The van der Waals surface area contributed by atoms with Gasteiger partial charge >= 0.3 is 0 Å². The molecule has 1 aliphatic rings. The van der Waals surface area contributed by atoms with Gasteiger partial charge in [-0.05, 0) is 44.5 Å². The summed E-state index contributed by atoms with van der Waals surface area (Å²) < 4.78 is 5.64. The number of nitrogen functional groups attached to an aromatic ring is 1. The summed E-state index contributed by atoms with van der Waals surface area (Å²) in [6.45, 7) is 8.63. The minimum Gasteiger partial charge on any atom is -0.399 e. The van der Waals surface area contributed by atoms with Gasteiger partial charge in [0.25, 0.3) is 0 Å². The fraction of sp³-hybridized carbons (Fsp3) is 0.533. The smallest absolute Gasteiger partial charge is 0.238 e. The molecule has 1 amide bonds. The molecule has 0 unspecified atom stereocenters. The van der Waals surface area contributed by atoms with Crippen LogP contribution in [0.15, 0.2) is 18.2 Å². The molecule has 0 radical (unpaired) electrons. The molecule has 0 aliphatic carbocycles. The van der Waals surface area contributed by atoms with Gasteiger partial charge in [0.05, 0.1) is 18.8 Å². The van der Waals surface area contributed by atoms with Crippen LogP contribution in [0.2, 0.25) is 0 Å².